The summed E-state index contributed by atoms with van der Waals surface area (Å²) in [7, 11) is 2.39. The van der Waals surface area contributed by atoms with Crippen molar-refractivity contribution >= 4 is 15.5 Å². The summed E-state index contributed by atoms with van der Waals surface area (Å²) in [6.45, 7) is 7.78. The Morgan fingerprint density at radius 1 is 1.53 bits per heavy atom. The Morgan fingerprint density at radius 3 is 2.47 bits per heavy atom. The van der Waals surface area contributed by atoms with Crippen molar-refractivity contribution in [3.05, 3.63) is 0 Å². The van der Waals surface area contributed by atoms with Gasteiger partial charge in [-0.05, 0) is 27.7 Å². The van der Waals surface area contributed by atoms with E-state index in [0.29, 0.717) is 6.54 Å². The Balaban J connectivity index is 3.81. The van der Waals surface area contributed by atoms with Crippen molar-refractivity contribution in [1.82, 2.24) is 10.4 Å². The van der Waals surface area contributed by atoms with E-state index in [4.69, 9.17) is 10.5 Å². The molecule has 6 heteroatoms. The van der Waals surface area contributed by atoms with E-state index >= 15 is 0 Å². The van der Waals surface area contributed by atoms with Gasteiger partial charge >= 0.3 is 6.09 Å². The molecule has 90 valence electrons. The van der Waals surface area contributed by atoms with Gasteiger partial charge in [-0.2, -0.15) is 0 Å². The zero-order valence-corrected chi connectivity index (χ0v) is 11.0. The summed E-state index contributed by atoms with van der Waals surface area (Å²) in [5.41, 5.74) is 5.32. The molecule has 0 aromatic carbocycles. The van der Waals surface area contributed by atoms with Crippen LogP contribution in [0.15, 0.2) is 0 Å². The van der Waals surface area contributed by atoms with Crippen LogP contribution in [-0.4, -0.2) is 30.3 Å². The van der Waals surface area contributed by atoms with Gasteiger partial charge in [0.2, 0.25) is 0 Å². The molecule has 0 aliphatic heterocycles. The van der Waals surface area contributed by atoms with Crippen molar-refractivity contribution in [2.24, 2.45) is 5.73 Å². The smallest absolute Gasteiger partial charge is 0.407 e. The van der Waals surface area contributed by atoms with E-state index in [9.17, 15) is 4.79 Å². The number of hydrogen-bond acceptors (Lipinski definition) is 4. The molecule has 1 amide bonds. The molecule has 0 bridgehead atoms. The fourth-order valence-corrected chi connectivity index (χ4v) is 1.06. The number of nitrogens with one attached hydrogen (secondary N) is 2. The van der Waals surface area contributed by atoms with E-state index in [1.807, 2.05) is 27.7 Å². The van der Waals surface area contributed by atoms with Crippen LogP contribution in [0.5, 0.6) is 0 Å². The van der Waals surface area contributed by atoms with Crippen molar-refractivity contribution in [1.29, 1.82) is 0 Å². The van der Waals surface area contributed by atoms with Gasteiger partial charge in [-0.25, -0.2) is 4.79 Å². The highest BCUT2D eigenvalue weighted by atomic mass is 31.0. The summed E-state index contributed by atoms with van der Waals surface area (Å²) in [5.74, 6) is 0. The minimum atomic E-state index is -0.474. The first-order valence-corrected chi connectivity index (χ1v) is 5.52. The molecule has 0 rings (SSSR count). The highest BCUT2D eigenvalue weighted by Crippen LogP contribution is 2.06. The molecule has 4 N–H and O–H groups in total. The number of amides is 1. The molecule has 15 heavy (non-hydrogen) atoms. The third-order valence-corrected chi connectivity index (χ3v) is 2.31. The van der Waals surface area contributed by atoms with Crippen LogP contribution in [-0.2, 0) is 4.74 Å². The van der Waals surface area contributed by atoms with Crippen molar-refractivity contribution in [2.75, 3.05) is 6.54 Å². The summed E-state index contributed by atoms with van der Waals surface area (Å²) in [4.78, 5) is 11.3. The van der Waals surface area contributed by atoms with Gasteiger partial charge in [0.15, 0.2) is 0 Å². The van der Waals surface area contributed by atoms with Crippen LogP contribution in [0.3, 0.4) is 0 Å². The molecule has 0 aromatic heterocycles. The lowest BCUT2D eigenvalue weighted by Crippen LogP contribution is -2.48. The zero-order chi connectivity index (χ0) is 12.1. The number of carbonyl (C=O) groups is 1. The molecule has 5 nitrogen and oxygen atoms in total. The molecule has 3 atom stereocenters. The molecule has 0 aliphatic carbocycles. The summed E-state index contributed by atoms with van der Waals surface area (Å²) < 4.78 is 5.07. The van der Waals surface area contributed by atoms with Gasteiger partial charge < -0.3 is 15.8 Å². The molecular weight excluding hydrogens is 213 g/mol. The maximum Gasteiger partial charge on any atom is 0.407 e. The van der Waals surface area contributed by atoms with Gasteiger partial charge in [-0.15, -0.1) is 0 Å². The molecule has 0 saturated carbocycles. The Kier molecular flexibility index (Phi) is 6.10. The van der Waals surface area contributed by atoms with E-state index in [-0.39, 0.29) is 12.1 Å². The SMILES string of the molecule is C[C@H](NP)[C@H](N)CNC(=O)OC(C)(C)C. The zero-order valence-electron chi connectivity index (χ0n) is 9.83. The molecule has 0 saturated heterocycles. The van der Waals surface area contributed by atoms with Gasteiger partial charge in [0.1, 0.15) is 5.60 Å². The number of ether oxygens (including phenoxy) is 1. The third-order valence-electron chi connectivity index (χ3n) is 1.79. The average Bonchev–Trinajstić information content (AvgIpc) is 2.10. The predicted molar refractivity (Wildman–Crippen MR) is 64.5 cm³/mol. The number of nitrogens with two attached hydrogens (primary N) is 1. The monoisotopic (exact) mass is 235 g/mol. The van der Waals surface area contributed by atoms with Crippen LogP contribution in [0.1, 0.15) is 27.7 Å². The summed E-state index contributed by atoms with van der Waals surface area (Å²) in [5, 5.41) is 5.55. The standard InChI is InChI=1S/C9H22N3O2P/c1-6(12-15)7(10)5-11-8(13)14-9(2,3)4/h6-7,12H,5,10,15H2,1-4H3,(H,11,13)/t6-,7+/m0/s1. The number of rotatable bonds is 4. The van der Waals surface area contributed by atoms with Crippen molar-refractivity contribution < 1.29 is 9.53 Å². The van der Waals surface area contributed by atoms with Crippen molar-refractivity contribution in [2.45, 2.75) is 45.4 Å². The lowest BCUT2D eigenvalue weighted by molar-refractivity contribution is 0.0523. The first-order valence-electron chi connectivity index (χ1n) is 4.95. The molecule has 1 unspecified atom stereocenters. The van der Waals surface area contributed by atoms with Crippen LogP contribution >= 0.6 is 9.39 Å². The molecule has 0 radical (unpaired) electrons. The van der Waals surface area contributed by atoms with Crippen LogP contribution in [0.4, 0.5) is 4.79 Å². The maximum atomic E-state index is 11.3. The van der Waals surface area contributed by atoms with E-state index in [1.54, 1.807) is 0 Å². The molecule has 0 heterocycles. The Hall–Kier alpha value is -0.380. The molecule has 0 fully saturated rings. The highest BCUT2D eigenvalue weighted by Gasteiger charge is 2.17. The minimum absolute atomic E-state index is 0.116. The first kappa shape index (κ1) is 14.6. The number of alkyl carbamates (subject to hydrolysis) is 1. The number of carbonyl (C=O) groups excluding carboxylic acids is 1. The normalized spacial score (nSPS) is 15.6. The molecule has 0 spiro atoms. The Morgan fingerprint density at radius 2 is 2.07 bits per heavy atom. The van der Waals surface area contributed by atoms with Gasteiger partial charge in [-0.1, -0.05) is 9.39 Å². The second-order valence-electron chi connectivity index (χ2n) is 4.50. The van der Waals surface area contributed by atoms with Crippen LogP contribution < -0.4 is 16.1 Å². The minimum Gasteiger partial charge on any atom is -0.444 e. The molecule has 0 aromatic rings. The van der Waals surface area contributed by atoms with Gasteiger partial charge in [0.25, 0.3) is 0 Å². The van der Waals surface area contributed by atoms with Gasteiger partial charge in [0, 0.05) is 18.6 Å². The largest absolute Gasteiger partial charge is 0.444 e. The fourth-order valence-electron chi connectivity index (χ4n) is 0.816. The summed E-state index contributed by atoms with van der Waals surface area (Å²) in [6.07, 6.45) is -0.436. The Labute approximate surface area is 93.8 Å². The second kappa shape index (κ2) is 6.26. The maximum absolute atomic E-state index is 11.3. The van der Waals surface area contributed by atoms with Crippen molar-refractivity contribution in [3.8, 4) is 0 Å². The van der Waals surface area contributed by atoms with Crippen LogP contribution in [0.25, 0.3) is 0 Å². The van der Waals surface area contributed by atoms with Gasteiger partial charge in [0.05, 0.1) is 0 Å². The number of hydrogen-bond donors (Lipinski definition) is 3. The Bertz CT molecular complexity index is 206. The van der Waals surface area contributed by atoms with E-state index in [2.05, 4.69) is 19.8 Å². The quantitative estimate of drug-likeness (QED) is 0.624. The van der Waals surface area contributed by atoms with Crippen LogP contribution in [0.2, 0.25) is 0 Å². The summed E-state index contributed by atoms with van der Waals surface area (Å²) in [6, 6.07) is -0.0278. The second-order valence-corrected chi connectivity index (χ2v) is 4.84. The van der Waals surface area contributed by atoms with Gasteiger partial charge in [-0.3, -0.25) is 5.09 Å². The van der Waals surface area contributed by atoms with E-state index < -0.39 is 11.7 Å². The third kappa shape index (κ3) is 7.54. The predicted octanol–water partition coefficient (Wildman–Crippen LogP) is 0.607. The summed E-state index contributed by atoms with van der Waals surface area (Å²) >= 11 is 0. The van der Waals surface area contributed by atoms with Crippen molar-refractivity contribution in [3.63, 3.8) is 0 Å². The molecule has 0 aliphatic rings. The van der Waals surface area contributed by atoms with E-state index in [0.717, 1.165) is 0 Å². The first-order chi connectivity index (χ1) is 6.76. The van der Waals surface area contributed by atoms with E-state index in [1.165, 1.54) is 0 Å². The highest BCUT2D eigenvalue weighted by molar-refractivity contribution is 7.13. The topological polar surface area (TPSA) is 76.4 Å². The van der Waals surface area contributed by atoms with Crippen LogP contribution in [0, 0.1) is 0 Å². The lowest BCUT2D eigenvalue weighted by Gasteiger charge is -2.22. The molecular formula is C9H22N3O2P. The average molecular weight is 235 g/mol. The fraction of sp³-hybridized carbons (Fsp3) is 0.889. The lowest BCUT2D eigenvalue weighted by atomic mass is 10.2.